The summed E-state index contributed by atoms with van der Waals surface area (Å²) in [5.74, 6) is -3.27. The molecule has 0 saturated carbocycles. The van der Waals surface area contributed by atoms with E-state index in [1.165, 1.54) is 0 Å². The molecule has 0 aliphatic carbocycles. The summed E-state index contributed by atoms with van der Waals surface area (Å²) in [5, 5.41) is 52.5. The fraction of sp³-hybridized carbons (Fsp3) is 0.700. The monoisotopic (exact) mass is 297 g/mol. The average Bonchev–Trinajstić information content (AvgIpc) is 2.39. The Morgan fingerprint density at radius 2 is 1.10 bits per heavy atom. The Hall–Kier alpha value is -1.75. The SMILES string of the molecule is O=C(O)CCC(=O)O.O=C(O)CNC(CO)(CO)CO. The summed E-state index contributed by atoms with van der Waals surface area (Å²) in [5.41, 5.74) is -1.31. The molecule has 0 radical (unpaired) electrons. The largest absolute Gasteiger partial charge is 0.481 e. The van der Waals surface area contributed by atoms with Crippen molar-refractivity contribution in [2.45, 2.75) is 18.4 Å². The number of nitrogens with one attached hydrogen (secondary N) is 1. The summed E-state index contributed by atoms with van der Waals surface area (Å²) in [6, 6.07) is 0. The van der Waals surface area contributed by atoms with Gasteiger partial charge in [-0.15, -0.1) is 0 Å². The average molecular weight is 297 g/mol. The number of carbonyl (C=O) groups is 3. The first kappa shape index (κ1) is 20.6. The molecule has 0 atom stereocenters. The summed E-state index contributed by atoms with van der Waals surface area (Å²) in [6.07, 6.45) is -0.593. The minimum atomic E-state index is -1.31. The molecular formula is C10H19NO9. The van der Waals surface area contributed by atoms with E-state index in [1.54, 1.807) is 0 Å². The van der Waals surface area contributed by atoms with Gasteiger partial charge in [0.2, 0.25) is 0 Å². The lowest BCUT2D eigenvalue weighted by Gasteiger charge is -2.27. The fourth-order valence-corrected chi connectivity index (χ4v) is 0.795. The number of carboxylic acid groups (broad SMARTS) is 3. The van der Waals surface area contributed by atoms with Gasteiger partial charge in [0.05, 0.1) is 44.7 Å². The van der Waals surface area contributed by atoms with Crippen LogP contribution in [0.15, 0.2) is 0 Å². The summed E-state index contributed by atoms with van der Waals surface area (Å²) in [6.45, 7) is -1.98. The Bertz CT molecular complexity index is 292. The number of hydrogen-bond donors (Lipinski definition) is 7. The number of hydrogen-bond acceptors (Lipinski definition) is 7. The van der Waals surface area contributed by atoms with E-state index in [9.17, 15) is 14.4 Å². The molecule has 10 nitrogen and oxygen atoms in total. The molecule has 118 valence electrons. The third-order valence-corrected chi connectivity index (χ3v) is 2.08. The van der Waals surface area contributed by atoms with Gasteiger partial charge < -0.3 is 30.6 Å². The maximum Gasteiger partial charge on any atom is 0.317 e. The first-order valence-electron chi connectivity index (χ1n) is 5.46. The third kappa shape index (κ3) is 11.3. The molecule has 0 aromatic carbocycles. The molecule has 20 heavy (non-hydrogen) atoms. The molecule has 0 aromatic heterocycles. The molecule has 0 fully saturated rings. The van der Waals surface area contributed by atoms with Crippen molar-refractivity contribution in [3.8, 4) is 0 Å². The highest BCUT2D eigenvalue weighted by Crippen LogP contribution is 2.00. The van der Waals surface area contributed by atoms with Gasteiger partial charge in [-0.3, -0.25) is 19.7 Å². The molecule has 0 aromatic rings. The Morgan fingerprint density at radius 1 is 0.750 bits per heavy atom. The molecule has 10 heteroatoms. The number of aliphatic hydroxyl groups excluding tert-OH is 3. The molecular weight excluding hydrogens is 278 g/mol. The van der Waals surface area contributed by atoms with Gasteiger partial charge in [0.1, 0.15) is 0 Å². The lowest BCUT2D eigenvalue weighted by atomic mass is 10.0. The van der Waals surface area contributed by atoms with Crippen molar-refractivity contribution in [3.63, 3.8) is 0 Å². The van der Waals surface area contributed by atoms with Crippen LogP contribution in [0.25, 0.3) is 0 Å². The molecule has 0 heterocycles. The van der Waals surface area contributed by atoms with Gasteiger partial charge in [0.25, 0.3) is 0 Å². The van der Waals surface area contributed by atoms with E-state index in [0.29, 0.717) is 0 Å². The zero-order valence-corrected chi connectivity index (χ0v) is 10.7. The van der Waals surface area contributed by atoms with Crippen LogP contribution in [-0.4, -0.2) is 80.5 Å². The first-order chi connectivity index (χ1) is 9.22. The van der Waals surface area contributed by atoms with Crippen molar-refractivity contribution < 1.29 is 45.0 Å². The lowest BCUT2D eigenvalue weighted by molar-refractivity contribution is -0.143. The number of carboxylic acids is 3. The van der Waals surface area contributed by atoms with Crippen molar-refractivity contribution in [1.82, 2.24) is 5.32 Å². The second-order valence-electron chi connectivity index (χ2n) is 3.79. The van der Waals surface area contributed by atoms with E-state index in [1.807, 2.05) is 0 Å². The quantitative estimate of drug-likeness (QED) is 0.236. The van der Waals surface area contributed by atoms with Crippen LogP contribution in [0.3, 0.4) is 0 Å². The zero-order valence-electron chi connectivity index (χ0n) is 10.7. The Kier molecular flexibility index (Phi) is 11.4. The van der Waals surface area contributed by atoms with Gasteiger partial charge >= 0.3 is 17.9 Å². The van der Waals surface area contributed by atoms with Crippen LogP contribution >= 0.6 is 0 Å². The fourth-order valence-electron chi connectivity index (χ4n) is 0.795. The van der Waals surface area contributed by atoms with E-state index in [-0.39, 0.29) is 12.8 Å². The van der Waals surface area contributed by atoms with E-state index in [0.717, 1.165) is 0 Å². The topological polar surface area (TPSA) is 185 Å². The highest BCUT2D eigenvalue weighted by molar-refractivity contribution is 5.75. The number of rotatable bonds is 9. The van der Waals surface area contributed by atoms with Gasteiger partial charge in [-0.2, -0.15) is 0 Å². The van der Waals surface area contributed by atoms with E-state index < -0.39 is 49.8 Å². The Morgan fingerprint density at radius 3 is 1.30 bits per heavy atom. The summed E-state index contributed by atoms with van der Waals surface area (Å²) in [4.78, 5) is 29.4. The van der Waals surface area contributed by atoms with Gasteiger partial charge in [-0.05, 0) is 0 Å². The Balaban J connectivity index is 0. The van der Waals surface area contributed by atoms with Crippen molar-refractivity contribution in [3.05, 3.63) is 0 Å². The molecule has 0 aliphatic rings. The molecule has 0 unspecified atom stereocenters. The van der Waals surface area contributed by atoms with Gasteiger partial charge in [0, 0.05) is 0 Å². The van der Waals surface area contributed by atoms with Crippen molar-refractivity contribution >= 4 is 17.9 Å². The highest BCUT2D eigenvalue weighted by atomic mass is 16.4. The predicted octanol–water partition coefficient (Wildman–Crippen LogP) is -2.69. The highest BCUT2D eigenvalue weighted by Gasteiger charge is 2.27. The van der Waals surface area contributed by atoms with Crippen LogP contribution in [0.2, 0.25) is 0 Å². The van der Waals surface area contributed by atoms with E-state index in [2.05, 4.69) is 5.32 Å². The van der Waals surface area contributed by atoms with Gasteiger partial charge in [0.15, 0.2) is 0 Å². The molecule has 0 amide bonds. The summed E-state index contributed by atoms with van der Waals surface area (Å²) < 4.78 is 0. The maximum atomic E-state index is 10.1. The van der Waals surface area contributed by atoms with Crippen molar-refractivity contribution in [2.24, 2.45) is 0 Å². The van der Waals surface area contributed by atoms with Crippen LogP contribution in [0, 0.1) is 0 Å². The minimum absolute atomic E-state index is 0.296. The molecule has 0 aliphatic heterocycles. The second kappa shape index (κ2) is 11.1. The smallest absolute Gasteiger partial charge is 0.317 e. The lowest BCUT2D eigenvalue weighted by Crippen LogP contribution is -2.56. The van der Waals surface area contributed by atoms with E-state index in [4.69, 9.17) is 30.6 Å². The predicted molar refractivity (Wildman–Crippen MR) is 64.1 cm³/mol. The van der Waals surface area contributed by atoms with Crippen LogP contribution < -0.4 is 5.32 Å². The van der Waals surface area contributed by atoms with Crippen LogP contribution in [0.1, 0.15) is 12.8 Å². The van der Waals surface area contributed by atoms with E-state index >= 15 is 0 Å². The maximum absolute atomic E-state index is 10.1. The van der Waals surface area contributed by atoms with Crippen molar-refractivity contribution in [1.29, 1.82) is 0 Å². The second-order valence-corrected chi connectivity index (χ2v) is 3.79. The van der Waals surface area contributed by atoms with Gasteiger partial charge in [-0.25, -0.2) is 0 Å². The normalized spacial score (nSPS) is 10.3. The van der Waals surface area contributed by atoms with Gasteiger partial charge in [-0.1, -0.05) is 0 Å². The molecule has 0 spiro atoms. The first-order valence-corrected chi connectivity index (χ1v) is 5.46. The molecule has 7 N–H and O–H groups in total. The summed E-state index contributed by atoms with van der Waals surface area (Å²) >= 11 is 0. The van der Waals surface area contributed by atoms with Crippen LogP contribution in [0.5, 0.6) is 0 Å². The molecule has 0 bridgehead atoms. The zero-order chi connectivity index (χ0) is 16.2. The van der Waals surface area contributed by atoms with Crippen LogP contribution in [-0.2, 0) is 14.4 Å². The molecule has 0 saturated heterocycles. The number of aliphatic hydroxyl groups is 3. The third-order valence-electron chi connectivity index (χ3n) is 2.08. The van der Waals surface area contributed by atoms with Crippen LogP contribution in [0.4, 0.5) is 0 Å². The molecule has 0 rings (SSSR count). The minimum Gasteiger partial charge on any atom is -0.481 e. The number of aliphatic carboxylic acids is 3. The summed E-state index contributed by atoms with van der Waals surface area (Å²) in [7, 11) is 0. The Labute approximate surface area is 114 Å². The van der Waals surface area contributed by atoms with Crippen molar-refractivity contribution in [2.75, 3.05) is 26.4 Å². The standard InChI is InChI=1S/C6H13NO5.C4H6O4/c8-2-6(3-9,4-10)7-1-5(11)12;5-3(6)1-2-4(7)8/h7-10H,1-4H2,(H,11,12);1-2H2,(H,5,6)(H,7,8).